The molecule has 11 heavy (non-hydrogen) atoms. The summed E-state index contributed by atoms with van der Waals surface area (Å²) in [4.78, 5) is 10.8. The molecule has 2 N–H and O–H groups in total. The highest BCUT2D eigenvalue weighted by Crippen LogP contribution is 2.17. The molecule has 0 aliphatic carbocycles. The Morgan fingerprint density at radius 2 is 2.27 bits per heavy atom. The van der Waals surface area contributed by atoms with Gasteiger partial charge in [0.25, 0.3) is 0 Å². The van der Waals surface area contributed by atoms with Crippen LogP contribution < -0.4 is 5.73 Å². The predicted octanol–water partition coefficient (Wildman–Crippen LogP) is 1.54. The van der Waals surface area contributed by atoms with Gasteiger partial charge in [-0.3, -0.25) is 0 Å². The first-order valence-electron chi connectivity index (χ1n) is 2.65. The number of methoxy groups -OCH3 is 1. The van der Waals surface area contributed by atoms with Crippen molar-refractivity contribution in [2.45, 2.75) is 0 Å². The molecule has 0 aliphatic heterocycles. The average molecular weight is 194 g/mol. The molecule has 0 aliphatic rings. The van der Waals surface area contributed by atoms with Gasteiger partial charge in [0.05, 0.1) is 18.4 Å². The van der Waals surface area contributed by atoms with Crippen LogP contribution in [0.25, 0.3) is 0 Å². The molecule has 3 nitrogen and oxygen atoms in total. The van der Waals surface area contributed by atoms with Crippen LogP contribution in [0.4, 0.5) is 5.69 Å². The van der Waals surface area contributed by atoms with Crippen LogP contribution in [0.2, 0.25) is 0 Å². The molecule has 62 valence electrons. The Morgan fingerprint density at radius 1 is 1.64 bits per heavy atom. The van der Waals surface area contributed by atoms with Gasteiger partial charge in [-0.2, -0.15) is 0 Å². The minimum atomic E-state index is -0.376. The fraction of sp³-hybridized carbons (Fsp3) is 0.167. The molecular weight excluding hydrogens is 186 g/mol. The maximum absolute atomic E-state index is 10.8. The van der Waals surface area contributed by atoms with Crippen LogP contribution in [0.5, 0.6) is 0 Å². The van der Waals surface area contributed by atoms with Gasteiger partial charge in [0, 0.05) is 10.8 Å². The third-order valence-electron chi connectivity index (χ3n) is 1.10. The number of rotatable bonds is 1. The van der Waals surface area contributed by atoms with Crippen molar-refractivity contribution in [2.75, 3.05) is 12.8 Å². The van der Waals surface area contributed by atoms with E-state index in [9.17, 15) is 4.79 Å². The lowest BCUT2D eigenvalue weighted by atomic mass is 10.3. The molecule has 0 saturated heterocycles. The van der Waals surface area contributed by atoms with Crippen molar-refractivity contribution in [1.82, 2.24) is 0 Å². The van der Waals surface area contributed by atoms with Gasteiger partial charge in [-0.25, -0.2) is 4.79 Å². The van der Waals surface area contributed by atoms with E-state index in [1.165, 1.54) is 18.4 Å². The summed E-state index contributed by atoms with van der Waals surface area (Å²) >= 11 is 1.38. The van der Waals surface area contributed by atoms with Crippen LogP contribution in [-0.2, 0) is 4.74 Å². The molecule has 1 rings (SSSR count). The zero-order chi connectivity index (χ0) is 7.56. The number of ether oxygens (including phenoxy) is 1. The smallest absolute Gasteiger partial charge is 0.340 e. The SMILES string of the molecule is COC(=O)c1cscc1N.Cl. The maximum atomic E-state index is 10.8. The third-order valence-corrected chi connectivity index (χ3v) is 1.86. The molecule has 0 bridgehead atoms. The molecule has 0 atom stereocenters. The summed E-state index contributed by atoms with van der Waals surface area (Å²) in [5.74, 6) is -0.376. The number of nitrogens with two attached hydrogens (primary N) is 1. The van der Waals surface area contributed by atoms with E-state index in [1.54, 1.807) is 10.8 Å². The molecular formula is C6H8ClNO2S. The van der Waals surface area contributed by atoms with Crippen molar-refractivity contribution < 1.29 is 9.53 Å². The number of esters is 1. The lowest BCUT2D eigenvalue weighted by Gasteiger charge is -1.94. The van der Waals surface area contributed by atoms with E-state index >= 15 is 0 Å². The molecule has 0 amide bonds. The topological polar surface area (TPSA) is 52.3 Å². The zero-order valence-corrected chi connectivity index (χ0v) is 7.50. The second-order valence-electron chi connectivity index (χ2n) is 1.73. The zero-order valence-electron chi connectivity index (χ0n) is 5.87. The predicted molar refractivity (Wildman–Crippen MR) is 47.3 cm³/mol. The Bertz CT molecular complexity index is 248. The highest BCUT2D eigenvalue weighted by molar-refractivity contribution is 7.08. The molecule has 1 aromatic heterocycles. The Morgan fingerprint density at radius 3 is 2.64 bits per heavy atom. The van der Waals surface area contributed by atoms with E-state index in [0.29, 0.717) is 11.3 Å². The summed E-state index contributed by atoms with van der Waals surface area (Å²) in [6, 6.07) is 0. The van der Waals surface area contributed by atoms with Crippen molar-refractivity contribution in [3.63, 3.8) is 0 Å². The Balaban J connectivity index is 0.000001000. The summed E-state index contributed by atoms with van der Waals surface area (Å²) < 4.78 is 4.46. The first-order valence-corrected chi connectivity index (χ1v) is 3.60. The lowest BCUT2D eigenvalue weighted by molar-refractivity contribution is 0.0602. The number of anilines is 1. The summed E-state index contributed by atoms with van der Waals surface area (Å²) in [7, 11) is 1.33. The van der Waals surface area contributed by atoms with Crippen molar-refractivity contribution in [3.05, 3.63) is 16.3 Å². The third kappa shape index (κ3) is 2.10. The summed E-state index contributed by atoms with van der Waals surface area (Å²) in [5, 5.41) is 3.37. The number of carbonyl (C=O) groups is 1. The summed E-state index contributed by atoms with van der Waals surface area (Å²) in [6.07, 6.45) is 0. The van der Waals surface area contributed by atoms with Crippen LogP contribution in [0, 0.1) is 0 Å². The lowest BCUT2D eigenvalue weighted by Crippen LogP contribution is -2.02. The minimum Gasteiger partial charge on any atom is -0.465 e. The monoisotopic (exact) mass is 193 g/mol. The Kier molecular flexibility index (Phi) is 3.92. The molecule has 5 heteroatoms. The van der Waals surface area contributed by atoms with Gasteiger partial charge >= 0.3 is 5.97 Å². The van der Waals surface area contributed by atoms with Gasteiger partial charge in [0.15, 0.2) is 0 Å². The van der Waals surface area contributed by atoms with E-state index in [4.69, 9.17) is 5.73 Å². The molecule has 0 saturated carbocycles. The van der Waals surface area contributed by atoms with Gasteiger partial charge in [-0.1, -0.05) is 0 Å². The quantitative estimate of drug-likeness (QED) is 0.689. The van der Waals surface area contributed by atoms with Crippen molar-refractivity contribution in [2.24, 2.45) is 0 Å². The van der Waals surface area contributed by atoms with Gasteiger partial charge in [0.2, 0.25) is 0 Å². The molecule has 0 aromatic carbocycles. The number of thiophene rings is 1. The van der Waals surface area contributed by atoms with Crippen LogP contribution in [0.1, 0.15) is 10.4 Å². The van der Waals surface area contributed by atoms with Crippen LogP contribution in [0.3, 0.4) is 0 Å². The normalized spacial score (nSPS) is 8.45. The first kappa shape index (κ1) is 10.3. The number of halogens is 1. The highest BCUT2D eigenvalue weighted by atomic mass is 35.5. The van der Waals surface area contributed by atoms with E-state index in [1.807, 2.05) is 0 Å². The van der Waals surface area contributed by atoms with Crippen LogP contribution >= 0.6 is 23.7 Å². The molecule has 0 unspecified atom stereocenters. The second kappa shape index (κ2) is 4.20. The number of hydrogen-bond acceptors (Lipinski definition) is 4. The minimum absolute atomic E-state index is 0. The molecule has 0 spiro atoms. The number of hydrogen-bond donors (Lipinski definition) is 1. The van der Waals surface area contributed by atoms with Crippen LogP contribution in [0.15, 0.2) is 10.8 Å². The van der Waals surface area contributed by atoms with Gasteiger partial charge in [0.1, 0.15) is 0 Å². The highest BCUT2D eigenvalue weighted by Gasteiger charge is 2.08. The fourth-order valence-corrected chi connectivity index (χ4v) is 1.29. The largest absolute Gasteiger partial charge is 0.465 e. The van der Waals surface area contributed by atoms with Gasteiger partial charge < -0.3 is 10.5 Å². The van der Waals surface area contributed by atoms with E-state index < -0.39 is 0 Å². The summed E-state index contributed by atoms with van der Waals surface area (Å²) in [5.41, 5.74) is 6.36. The van der Waals surface area contributed by atoms with Crippen LogP contribution in [-0.4, -0.2) is 13.1 Å². The first-order chi connectivity index (χ1) is 4.75. The number of carbonyl (C=O) groups excluding carboxylic acids is 1. The molecule has 1 aromatic rings. The fourth-order valence-electron chi connectivity index (χ4n) is 0.583. The van der Waals surface area contributed by atoms with Gasteiger partial charge in [-0.15, -0.1) is 23.7 Å². The Hall–Kier alpha value is -0.740. The molecule has 0 radical (unpaired) electrons. The second-order valence-corrected chi connectivity index (χ2v) is 2.48. The Labute approximate surface area is 74.6 Å². The average Bonchev–Trinajstić information content (AvgIpc) is 2.34. The standard InChI is InChI=1S/C6H7NO2S.ClH/c1-9-6(8)4-2-10-3-5(4)7;/h2-3H,7H2,1H3;1H. The molecule has 1 heterocycles. The maximum Gasteiger partial charge on any atom is 0.340 e. The van der Waals surface area contributed by atoms with Crippen molar-refractivity contribution in [1.29, 1.82) is 0 Å². The van der Waals surface area contributed by atoms with Crippen molar-refractivity contribution >= 4 is 35.4 Å². The summed E-state index contributed by atoms with van der Waals surface area (Å²) in [6.45, 7) is 0. The van der Waals surface area contributed by atoms with Crippen molar-refractivity contribution in [3.8, 4) is 0 Å². The van der Waals surface area contributed by atoms with E-state index in [-0.39, 0.29) is 18.4 Å². The van der Waals surface area contributed by atoms with Gasteiger partial charge in [-0.05, 0) is 0 Å². The molecule has 0 fully saturated rings. The number of nitrogen functional groups attached to an aromatic ring is 1. The van der Waals surface area contributed by atoms with E-state index in [2.05, 4.69) is 4.74 Å². The van der Waals surface area contributed by atoms with E-state index in [0.717, 1.165) is 0 Å².